The molecule has 1 aliphatic heterocycles. The van der Waals surface area contributed by atoms with E-state index in [0.717, 1.165) is 5.56 Å². The summed E-state index contributed by atoms with van der Waals surface area (Å²) in [5.74, 6) is -2.74. The number of nitrogens with one attached hydrogen (secondary N) is 2. The molecule has 0 saturated carbocycles. The molecule has 3 aromatic carbocycles. The van der Waals surface area contributed by atoms with Crippen LogP contribution in [-0.4, -0.2) is 83.5 Å². The van der Waals surface area contributed by atoms with E-state index < -0.39 is 35.3 Å². The molecule has 14 nitrogen and oxygen atoms in total. The number of ether oxygens (including phenoxy) is 1. The van der Waals surface area contributed by atoms with Crippen LogP contribution in [0.25, 0.3) is 16.7 Å². The lowest BCUT2D eigenvalue weighted by molar-refractivity contribution is -0.149. The van der Waals surface area contributed by atoms with Gasteiger partial charge in [0, 0.05) is 30.2 Å². The van der Waals surface area contributed by atoms with E-state index >= 15 is 0 Å². The molecular formula is C32H30ClN9O5. The number of tetrazole rings is 1. The zero-order valence-corrected chi connectivity index (χ0v) is 26.4. The van der Waals surface area contributed by atoms with Gasteiger partial charge in [-0.15, -0.1) is 5.10 Å². The Labute approximate surface area is 273 Å². The van der Waals surface area contributed by atoms with Gasteiger partial charge in [-0.3, -0.25) is 14.4 Å². The largest absolute Gasteiger partial charge is 0.454 e. The van der Waals surface area contributed by atoms with Crippen molar-refractivity contribution < 1.29 is 23.9 Å². The molecule has 2 N–H and O–H groups in total. The summed E-state index contributed by atoms with van der Waals surface area (Å²) in [6.45, 7) is 5.43. The van der Waals surface area contributed by atoms with Gasteiger partial charge in [-0.2, -0.15) is 4.68 Å². The second kappa shape index (κ2) is 12.6. The van der Waals surface area contributed by atoms with Crippen molar-refractivity contribution in [3.8, 4) is 5.69 Å². The summed E-state index contributed by atoms with van der Waals surface area (Å²) in [4.78, 5) is 63.7. The van der Waals surface area contributed by atoms with E-state index in [4.69, 9.17) is 16.3 Å². The van der Waals surface area contributed by atoms with Crippen LogP contribution in [0, 0.1) is 0 Å². The number of esters is 1. The van der Waals surface area contributed by atoms with Crippen molar-refractivity contribution >= 4 is 57.7 Å². The molecule has 0 unspecified atom stereocenters. The number of halogens is 1. The number of H-pyrrole nitrogens is 1. The first kappa shape index (κ1) is 31.4. The highest BCUT2D eigenvalue weighted by Gasteiger charge is 2.40. The summed E-state index contributed by atoms with van der Waals surface area (Å²) in [7, 11) is 0. The fraction of sp³-hybridized carbons (Fsp3) is 0.250. The van der Waals surface area contributed by atoms with Crippen LogP contribution in [0.2, 0.25) is 5.02 Å². The predicted molar refractivity (Wildman–Crippen MR) is 172 cm³/mol. The van der Waals surface area contributed by atoms with Crippen LogP contribution >= 0.6 is 11.6 Å². The number of imidazole rings is 1. The number of benzene rings is 3. The lowest BCUT2D eigenvalue weighted by atomic mass is 10.0. The smallest absolute Gasteiger partial charge is 0.374 e. The van der Waals surface area contributed by atoms with Crippen molar-refractivity contribution in [2.45, 2.75) is 38.8 Å². The Kier molecular flexibility index (Phi) is 8.43. The fourth-order valence-corrected chi connectivity index (χ4v) is 5.43. The number of nitrogens with zero attached hydrogens (tertiary/aromatic N) is 7. The molecule has 47 heavy (non-hydrogen) atoms. The van der Waals surface area contributed by atoms with Crippen LogP contribution < -0.4 is 10.2 Å². The maximum atomic E-state index is 13.9. The summed E-state index contributed by atoms with van der Waals surface area (Å²) in [6, 6.07) is 18.0. The Hall–Kier alpha value is -5.63. The molecule has 1 aliphatic rings. The number of hydrogen-bond acceptors (Lipinski definition) is 9. The van der Waals surface area contributed by atoms with E-state index in [-0.39, 0.29) is 25.3 Å². The van der Waals surface area contributed by atoms with Crippen LogP contribution in [0.3, 0.4) is 0 Å². The zero-order valence-electron chi connectivity index (χ0n) is 25.7. The summed E-state index contributed by atoms with van der Waals surface area (Å²) in [5.41, 5.74) is 2.31. The number of aromatic nitrogens is 6. The van der Waals surface area contributed by atoms with Crippen molar-refractivity contribution in [3.63, 3.8) is 0 Å². The molecule has 2 aromatic heterocycles. The third-order valence-electron chi connectivity index (χ3n) is 7.37. The minimum Gasteiger partial charge on any atom is -0.454 e. The third-order valence-corrected chi connectivity index (χ3v) is 7.61. The quantitative estimate of drug-likeness (QED) is 0.187. The second-order valence-corrected chi connectivity index (χ2v) is 12.3. The van der Waals surface area contributed by atoms with Crippen molar-refractivity contribution in [2.75, 3.05) is 23.3 Å². The molecule has 1 fully saturated rings. The van der Waals surface area contributed by atoms with E-state index in [1.165, 1.54) is 20.8 Å². The van der Waals surface area contributed by atoms with Crippen LogP contribution in [-0.2, 0) is 25.5 Å². The molecule has 1 atom stereocenters. The molecule has 3 amide bonds. The number of rotatable bonds is 8. The van der Waals surface area contributed by atoms with Gasteiger partial charge in [0.25, 0.3) is 0 Å². The molecule has 0 bridgehead atoms. The third kappa shape index (κ3) is 6.82. The van der Waals surface area contributed by atoms with E-state index in [9.17, 15) is 19.2 Å². The van der Waals surface area contributed by atoms with Crippen LogP contribution in [0.15, 0.2) is 73.1 Å². The SMILES string of the molecule is CC(C)(C)OC(=O)c1nc2cc(NC(=O)[C@H](Cc3ccccc3)N3CCN(c4cc(Cl)ccc4-n4cnnn4)C(=O)C3=O)ccc2[nH]1. The number of hydrogen-bond donors (Lipinski definition) is 2. The molecule has 0 radical (unpaired) electrons. The Balaban J connectivity index is 1.25. The van der Waals surface area contributed by atoms with Gasteiger partial charge in [0.1, 0.15) is 18.0 Å². The van der Waals surface area contributed by atoms with Gasteiger partial charge in [-0.1, -0.05) is 41.9 Å². The van der Waals surface area contributed by atoms with Gasteiger partial charge in [0.2, 0.25) is 11.7 Å². The Morgan fingerprint density at radius 1 is 1.00 bits per heavy atom. The number of aromatic amines is 1. The summed E-state index contributed by atoms with van der Waals surface area (Å²) < 4.78 is 6.77. The first-order valence-electron chi connectivity index (χ1n) is 14.7. The standard InChI is InChI=1S/C32H30ClN9O5/c1-32(2,3)47-31(46)27-36-22-11-10-21(17-23(22)37-27)35-28(43)26(15-19-7-5-4-6-8-19)41-14-13-40(29(44)30(41)45)25-16-20(33)9-12-24(25)42-18-34-38-39-42/h4-12,16-18,26H,13-15H2,1-3H3,(H,35,43)(H,36,37)/t26-/m0/s1. The molecule has 15 heteroatoms. The Bertz CT molecular complexity index is 1970. The first-order valence-corrected chi connectivity index (χ1v) is 15.1. The van der Waals surface area contributed by atoms with E-state index in [2.05, 4.69) is 30.8 Å². The minimum atomic E-state index is -1.03. The average Bonchev–Trinajstić information content (AvgIpc) is 3.72. The lowest BCUT2D eigenvalue weighted by Crippen LogP contribution is -2.60. The number of carbonyl (C=O) groups excluding carboxylic acids is 4. The van der Waals surface area contributed by atoms with Crippen LogP contribution in [0.4, 0.5) is 11.4 Å². The van der Waals surface area contributed by atoms with Gasteiger partial charge in [0.05, 0.1) is 22.4 Å². The van der Waals surface area contributed by atoms with Gasteiger partial charge in [-0.05, 0) is 73.2 Å². The fourth-order valence-electron chi connectivity index (χ4n) is 5.27. The number of anilines is 2. The summed E-state index contributed by atoms with van der Waals surface area (Å²) >= 11 is 6.27. The van der Waals surface area contributed by atoms with Crippen molar-refractivity contribution in [3.05, 3.63) is 89.5 Å². The molecule has 0 aliphatic carbocycles. The van der Waals surface area contributed by atoms with Gasteiger partial charge in [0.15, 0.2) is 0 Å². The van der Waals surface area contributed by atoms with Crippen LogP contribution in [0.5, 0.6) is 0 Å². The molecular weight excluding hydrogens is 626 g/mol. The lowest BCUT2D eigenvalue weighted by Gasteiger charge is -2.38. The zero-order chi connectivity index (χ0) is 33.3. The van der Waals surface area contributed by atoms with Gasteiger partial charge in [-0.25, -0.2) is 9.78 Å². The minimum absolute atomic E-state index is 0.0327. The number of amides is 3. The van der Waals surface area contributed by atoms with Crippen molar-refractivity contribution in [1.29, 1.82) is 0 Å². The maximum Gasteiger partial charge on any atom is 0.374 e. The molecule has 6 rings (SSSR count). The molecule has 3 heterocycles. The highest BCUT2D eigenvalue weighted by molar-refractivity contribution is 6.41. The number of carbonyl (C=O) groups is 4. The van der Waals surface area contributed by atoms with Gasteiger partial charge < -0.3 is 24.8 Å². The van der Waals surface area contributed by atoms with Gasteiger partial charge >= 0.3 is 17.8 Å². The topological polar surface area (TPSA) is 168 Å². The van der Waals surface area contributed by atoms with Crippen molar-refractivity contribution in [2.24, 2.45) is 0 Å². The molecule has 5 aromatic rings. The highest BCUT2D eigenvalue weighted by Crippen LogP contribution is 2.30. The van der Waals surface area contributed by atoms with Crippen molar-refractivity contribution in [1.82, 2.24) is 35.1 Å². The Morgan fingerprint density at radius 2 is 1.79 bits per heavy atom. The highest BCUT2D eigenvalue weighted by atomic mass is 35.5. The molecule has 0 spiro atoms. The monoisotopic (exact) mass is 655 g/mol. The second-order valence-electron chi connectivity index (χ2n) is 11.9. The van der Waals surface area contributed by atoms with E-state index in [1.54, 1.807) is 57.2 Å². The van der Waals surface area contributed by atoms with Crippen LogP contribution in [0.1, 0.15) is 37.0 Å². The number of piperazine rings is 1. The van der Waals surface area contributed by atoms with E-state index in [0.29, 0.717) is 33.1 Å². The normalized spacial score (nSPS) is 14.4. The average molecular weight is 656 g/mol. The maximum absolute atomic E-state index is 13.9. The predicted octanol–water partition coefficient (Wildman–Crippen LogP) is 3.57. The first-order chi connectivity index (χ1) is 22.5. The Morgan fingerprint density at radius 3 is 2.51 bits per heavy atom. The molecule has 1 saturated heterocycles. The van der Waals surface area contributed by atoms with E-state index in [1.807, 2.05) is 30.3 Å². The number of fused-ring (bicyclic) bond motifs is 1. The summed E-state index contributed by atoms with van der Waals surface area (Å²) in [6.07, 6.45) is 1.53. The summed E-state index contributed by atoms with van der Waals surface area (Å²) in [5, 5.41) is 14.5. The molecule has 240 valence electrons.